The van der Waals surface area contributed by atoms with Crippen molar-refractivity contribution in [3.63, 3.8) is 0 Å². The highest BCUT2D eigenvalue weighted by atomic mass is 16.4. The predicted molar refractivity (Wildman–Crippen MR) is 56.6 cm³/mol. The number of carboxylic acids is 1. The number of hydrogen-bond acceptors (Lipinski definition) is 4. The summed E-state index contributed by atoms with van der Waals surface area (Å²) in [7, 11) is 0. The molecule has 0 aliphatic heterocycles. The van der Waals surface area contributed by atoms with E-state index in [2.05, 4.69) is 5.32 Å². The van der Waals surface area contributed by atoms with E-state index >= 15 is 0 Å². The number of aliphatic hydroxyl groups excluding tert-OH is 1. The van der Waals surface area contributed by atoms with Crippen LogP contribution in [0.25, 0.3) is 0 Å². The first-order valence-corrected chi connectivity index (χ1v) is 5.46. The molecule has 0 aromatic heterocycles. The predicted octanol–water partition coefficient (Wildman–Crippen LogP) is -0.934. The Hall–Kier alpha value is -1.14. The highest BCUT2D eigenvalue weighted by Gasteiger charge is 2.28. The molecule has 1 fully saturated rings. The Labute approximate surface area is 93.8 Å². The topological polar surface area (TPSA) is 113 Å². The smallest absolute Gasteiger partial charge is 0.334 e. The molecule has 0 spiro atoms. The number of carbonyl (C=O) groups is 2. The van der Waals surface area contributed by atoms with Crippen molar-refractivity contribution in [3.8, 4) is 0 Å². The molecule has 5 N–H and O–H groups in total. The van der Waals surface area contributed by atoms with E-state index in [4.69, 9.17) is 15.9 Å². The Bertz CT molecular complexity index is 270. The second kappa shape index (κ2) is 5.81. The molecule has 0 aromatic rings. The average molecular weight is 230 g/mol. The van der Waals surface area contributed by atoms with Gasteiger partial charge in [-0.3, -0.25) is 4.79 Å². The summed E-state index contributed by atoms with van der Waals surface area (Å²) in [4.78, 5) is 22.0. The SMILES string of the molecule is NC1CCCCC1C(=O)NC[C@H](O)C(=O)O. The summed E-state index contributed by atoms with van der Waals surface area (Å²) in [5, 5.41) is 19.8. The van der Waals surface area contributed by atoms with Crippen LogP contribution in [0, 0.1) is 5.92 Å². The number of carbonyl (C=O) groups excluding carboxylic acids is 1. The normalized spacial score (nSPS) is 27.1. The van der Waals surface area contributed by atoms with E-state index in [0.717, 1.165) is 25.7 Å². The molecule has 3 atom stereocenters. The van der Waals surface area contributed by atoms with Crippen molar-refractivity contribution in [3.05, 3.63) is 0 Å². The largest absolute Gasteiger partial charge is 0.479 e. The van der Waals surface area contributed by atoms with Gasteiger partial charge in [-0.1, -0.05) is 12.8 Å². The first-order chi connectivity index (χ1) is 7.52. The molecule has 0 radical (unpaired) electrons. The van der Waals surface area contributed by atoms with Gasteiger partial charge < -0.3 is 21.3 Å². The molecule has 1 rings (SSSR count). The van der Waals surface area contributed by atoms with Crippen LogP contribution in [0.4, 0.5) is 0 Å². The number of carboxylic acid groups (broad SMARTS) is 1. The Balaban J connectivity index is 2.36. The number of aliphatic hydroxyl groups is 1. The van der Waals surface area contributed by atoms with Crippen molar-refractivity contribution < 1.29 is 19.8 Å². The Kier molecular flexibility index (Phi) is 4.70. The lowest BCUT2D eigenvalue weighted by molar-refractivity contribution is -0.146. The van der Waals surface area contributed by atoms with Crippen molar-refractivity contribution in [1.82, 2.24) is 5.32 Å². The summed E-state index contributed by atoms with van der Waals surface area (Å²) in [5.41, 5.74) is 5.81. The molecule has 6 heteroatoms. The number of aliphatic carboxylic acids is 1. The van der Waals surface area contributed by atoms with Crippen LogP contribution in [0.3, 0.4) is 0 Å². The molecular formula is C10H18N2O4. The van der Waals surface area contributed by atoms with Gasteiger partial charge in [-0.25, -0.2) is 4.79 Å². The fourth-order valence-corrected chi connectivity index (χ4v) is 1.90. The van der Waals surface area contributed by atoms with Crippen molar-refractivity contribution in [1.29, 1.82) is 0 Å². The number of amides is 1. The fourth-order valence-electron chi connectivity index (χ4n) is 1.90. The summed E-state index contributed by atoms with van der Waals surface area (Å²) in [6.45, 7) is -0.266. The minimum atomic E-state index is -1.55. The molecule has 1 aliphatic carbocycles. The van der Waals surface area contributed by atoms with E-state index < -0.39 is 12.1 Å². The molecule has 0 saturated heterocycles. The summed E-state index contributed by atoms with van der Waals surface area (Å²) >= 11 is 0. The molecule has 6 nitrogen and oxygen atoms in total. The summed E-state index contributed by atoms with van der Waals surface area (Å²) in [6, 6.07) is -0.157. The zero-order chi connectivity index (χ0) is 12.1. The van der Waals surface area contributed by atoms with E-state index in [1.54, 1.807) is 0 Å². The Morgan fingerprint density at radius 3 is 2.56 bits per heavy atom. The van der Waals surface area contributed by atoms with E-state index in [1.165, 1.54) is 0 Å². The molecule has 1 amide bonds. The van der Waals surface area contributed by atoms with Crippen LogP contribution in [0.1, 0.15) is 25.7 Å². The standard InChI is InChI=1S/C10H18N2O4/c11-7-4-2-1-3-6(7)9(14)12-5-8(13)10(15)16/h6-8,13H,1-5,11H2,(H,12,14)(H,15,16)/t6?,7?,8-/m0/s1. The highest BCUT2D eigenvalue weighted by Crippen LogP contribution is 2.22. The lowest BCUT2D eigenvalue weighted by atomic mass is 9.84. The lowest BCUT2D eigenvalue weighted by Crippen LogP contribution is -2.46. The maximum Gasteiger partial charge on any atom is 0.334 e. The van der Waals surface area contributed by atoms with Gasteiger partial charge in [0, 0.05) is 6.04 Å². The summed E-state index contributed by atoms with van der Waals surface area (Å²) in [5.74, 6) is -1.85. The maximum absolute atomic E-state index is 11.6. The molecule has 92 valence electrons. The second-order valence-corrected chi connectivity index (χ2v) is 4.15. The van der Waals surface area contributed by atoms with Gasteiger partial charge in [-0.15, -0.1) is 0 Å². The van der Waals surface area contributed by atoms with Crippen molar-refractivity contribution in [2.24, 2.45) is 11.7 Å². The number of nitrogens with one attached hydrogen (secondary N) is 1. The van der Waals surface area contributed by atoms with Crippen molar-refractivity contribution in [2.45, 2.75) is 37.8 Å². The summed E-state index contributed by atoms with van der Waals surface area (Å²) in [6.07, 6.45) is 2.00. The van der Waals surface area contributed by atoms with Crippen LogP contribution in [-0.2, 0) is 9.59 Å². The van der Waals surface area contributed by atoms with Crippen LogP contribution in [0.15, 0.2) is 0 Å². The third-order valence-electron chi connectivity index (χ3n) is 2.91. The van der Waals surface area contributed by atoms with Crippen LogP contribution in [-0.4, -0.2) is 40.8 Å². The zero-order valence-corrected chi connectivity index (χ0v) is 9.06. The van der Waals surface area contributed by atoms with Crippen molar-refractivity contribution >= 4 is 11.9 Å². The third-order valence-corrected chi connectivity index (χ3v) is 2.91. The van der Waals surface area contributed by atoms with Crippen LogP contribution < -0.4 is 11.1 Å². The van der Waals surface area contributed by atoms with E-state index in [9.17, 15) is 9.59 Å². The number of nitrogens with two attached hydrogens (primary N) is 1. The van der Waals surface area contributed by atoms with Crippen molar-refractivity contribution in [2.75, 3.05) is 6.54 Å². The molecule has 2 unspecified atom stereocenters. The van der Waals surface area contributed by atoms with Crippen LogP contribution in [0.2, 0.25) is 0 Å². The van der Waals surface area contributed by atoms with Gasteiger partial charge in [0.25, 0.3) is 0 Å². The first kappa shape index (κ1) is 12.9. The quantitative estimate of drug-likeness (QED) is 0.498. The molecule has 0 aromatic carbocycles. The maximum atomic E-state index is 11.6. The molecular weight excluding hydrogens is 212 g/mol. The van der Waals surface area contributed by atoms with Gasteiger partial charge in [-0.2, -0.15) is 0 Å². The highest BCUT2D eigenvalue weighted by molar-refractivity contribution is 5.80. The van der Waals surface area contributed by atoms with E-state index in [1.807, 2.05) is 0 Å². The van der Waals surface area contributed by atoms with E-state index in [-0.39, 0.29) is 24.4 Å². The Morgan fingerprint density at radius 2 is 2.00 bits per heavy atom. The second-order valence-electron chi connectivity index (χ2n) is 4.15. The number of rotatable bonds is 4. The Morgan fingerprint density at radius 1 is 1.38 bits per heavy atom. The van der Waals surface area contributed by atoms with Gasteiger partial charge in [0.2, 0.25) is 5.91 Å². The monoisotopic (exact) mass is 230 g/mol. The molecule has 16 heavy (non-hydrogen) atoms. The molecule has 0 bridgehead atoms. The van der Waals surface area contributed by atoms with Crippen LogP contribution >= 0.6 is 0 Å². The minimum Gasteiger partial charge on any atom is -0.479 e. The molecule has 1 saturated carbocycles. The van der Waals surface area contributed by atoms with E-state index in [0.29, 0.717) is 0 Å². The van der Waals surface area contributed by atoms with Gasteiger partial charge >= 0.3 is 5.97 Å². The zero-order valence-electron chi connectivity index (χ0n) is 9.06. The third kappa shape index (κ3) is 3.46. The minimum absolute atomic E-state index is 0.157. The van der Waals surface area contributed by atoms with Crippen LogP contribution in [0.5, 0.6) is 0 Å². The molecule has 0 heterocycles. The summed E-state index contributed by atoms with van der Waals surface area (Å²) < 4.78 is 0. The van der Waals surface area contributed by atoms with Gasteiger partial charge in [0.1, 0.15) is 0 Å². The average Bonchev–Trinajstić information content (AvgIpc) is 2.25. The lowest BCUT2D eigenvalue weighted by Gasteiger charge is -2.27. The molecule has 1 aliphatic rings. The van der Waals surface area contributed by atoms with Gasteiger partial charge in [-0.05, 0) is 12.8 Å². The fraction of sp³-hybridized carbons (Fsp3) is 0.800. The van der Waals surface area contributed by atoms with Gasteiger partial charge in [0.15, 0.2) is 6.10 Å². The number of hydrogen-bond donors (Lipinski definition) is 4. The first-order valence-electron chi connectivity index (χ1n) is 5.46. The van der Waals surface area contributed by atoms with Gasteiger partial charge in [0.05, 0.1) is 12.5 Å².